The molecule has 0 aliphatic heterocycles. The van der Waals surface area contributed by atoms with E-state index in [9.17, 15) is 23.7 Å². The van der Waals surface area contributed by atoms with Gasteiger partial charge in [-0.2, -0.15) is 8.78 Å². The molecule has 2 aromatic carbocycles. The molecule has 0 saturated carbocycles. The molecule has 0 spiro atoms. The number of amides is 1. The highest BCUT2D eigenvalue weighted by atomic mass is 19.3. The summed E-state index contributed by atoms with van der Waals surface area (Å²) in [4.78, 5) is 22.7. The fourth-order valence-electron chi connectivity index (χ4n) is 2.52. The molecule has 28 heavy (non-hydrogen) atoms. The Morgan fingerprint density at radius 1 is 1.21 bits per heavy atom. The second kappa shape index (κ2) is 9.49. The Bertz CT molecular complexity index is 861. The standard InChI is InChI=1S/C18H19F2N3O5/c1-21-13-5-4-12(10-14(13)23(25)26)17(24)22-8-7-11-3-6-15(28-18(19)20)16(9-11)27-2/h3-6,9-10,18,21H,7-8H2,1-2H3,(H,22,24). The zero-order valence-electron chi connectivity index (χ0n) is 15.2. The molecule has 8 nitrogen and oxygen atoms in total. The number of anilines is 1. The van der Waals surface area contributed by atoms with Crippen LogP contribution in [0.5, 0.6) is 11.5 Å². The lowest BCUT2D eigenvalue weighted by molar-refractivity contribution is -0.384. The Morgan fingerprint density at radius 2 is 1.96 bits per heavy atom. The first-order valence-electron chi connectivity index (χ1n) is 8.21. The van der Waals surface area contributed by atoms with Gasteiger partial charge in [-0.25, -0.2) is 0 Å². The zero-order chi connectivity index (χ0) is 20.7. The number of nitrogens with one attached hydrogen (secondary N) is 2. The SMILES string of the molecule is CNc1ccc(C(=O)NCCc2ccc(OC(F)F)c(OC)c2)cc1[N+](=O)[O-]. The van der Waals surface area contributed by atoms with E-state index in [1.807, 2.05) is 0 Å². The van der Waals surface area contributed by atoms with Gasteiger partial charge in [0, 0.05) is 25.2 Å². The number of carbonyl (C=O) groups is 1. The number of nitro benzene ring substituents is 1. The summed E-state index contributed by atoms with van der Waals surface area (Å²) in [5, 5.41) is 16.4. The lowest BCUT2D eigenvalue weighted by Crippen LogP contribution is -2.25. The zero-order valence-corrected chi connectivity index (χ0v) is 15.2. The van der Waals surface area contributed by atoms with Crippen LogP contribution in [0, 0.1) is 10.1 Å². The summed E-state index contributed by atoms with van der Waals surface area (Å²) in [5.74, 6) is -0.389. The number of carbonyl (C=O) groups excluding carboxylic acids is 1. The maximum Gasteiger partial charge on any atom is 0.387 e. The molecule has 2 rings (SSSR count). The first-order chi connectivity index (χ1) is 13.3. The lowest BCUT2D eigenvalue weighted by Gasteiger charge is -2.12. The molecule has 150 valence electrons. The molecule has 0 aliphatic carbocycles. The van der Waals surface area contributed by atoms with Crippen LogP contribution in [-0.4, -0.2) is 38.1 Å². The summed E-state index contributed by atoms with van der Waals surface area (Å²) >= 11 is 0. The molecule has 2 N–H and O–H groups in total. The summed E-state index contributed by atoms with van der Waals surface area (Å²) in [6, 6.07) is 8.62. The van der Waals surface area contributed by atoms with Crippen molar-refractivity contribution in [3.05, 3.63) is 57.6 Å². The van der Waals surface area contributed by atoms with E-state index in [0.717, 1.165) is 5.56 Å². The second-order valence-corrected chi connectivity index (χ2v) is 5.61. The number of nitrogens with zero attached hydrogens (tertiary/aromatic N) is 1. The van der Waals surface area contributed by atoms with Gasteiger partial charge in [-0.1, -0.05) is 6.07 Å². The number of alkyl halides is 2. The highest BCUT2D eigenvalue weighted by Gasteiger charge is 2.17. The van der Waals surface area contributed by atoms with Gasteiger partial charge in [0.1, 0.15) is 5.69 Å². The third-order valence-electron chi connectivity index (χ3n) is 3.87. The van der Waals surface area contributed by atoms with Crippen molar-refractivity contribution in [3.63, 3.8) is 0 Å². The quantitative estimate of drug-likeness (QED) is 0.499. The van der Waals surface area contributed by atoms with Crippen molar-refractivity contribution in [3.8, 4) is 11.5 Å². The molecule has 0 radical (unpaired) electrons. The van der Waals surface area contributed by atoms with Crippen molar-refractivity contribution in [1.29, 1.82) is 0 Å². The maximum atomic E-state index is 12.3. The molecule has 2 aromatic rings. The van der Waals surface area contributed by atoms with Crippen LogP contribution < -0.4 is 20.1 Å². The van der Waals surface area contributed by atoms with Crippen molar-refractivity contribution in [2.24, 2.45) is 0 Å². The van der Waals surface area contributed by atoms with Gasteiger partial charge in [0.15, 0.2) is 11.5 Å². The van der Waals surface area contributed by atoms with Crippen LogP contribution in [0.25, 0.3) is 0 Å². The predicted octanol–water partition coefficient (Wildman–Crippen LogP) is 3.22. The molecular weight excluding hydrogens is 376 g/mol. The average Bonchev–Trinajstić information content (AvgIpc) is 2.67. The Balaban J connectivity index is 2.00. The van der Waals surface area contributed by atoms with Crippen LogP contribution in [0.2, 0.25) is 0 Å². The van der Waals surface area contributed by atoms with Crippen molar-refractivity contribution >= 4 is 17.3 Å². The van der Waals surface area contributed by atoms with E-state index in [1.54, 1.807) is 13.1 Å². The van der Waals surface area contributed by atoms with Crippen LogP contribution in [0.1, 0.15) is 15.9 Å². The molecule has 0 bridgehead atoms. The number of hydrogen-bond acceptors (Lipinski definition) is 6. The second-order valence-electron chi connectivity index (χ2n) is 5.61. The van der Waals surface area contributed by atoms with E-state index in [2.05, 4.69) is 15.4 Å². The molecule has 0 fully saturated rings. The van der Waals surface area contributed by atoms with Crippen LogP contribution in [-0.2, 0) is 6.42 Å². The van der Waals surface area contributed by atoms with Crippen LogP contribution in [0.15, 0.2) is 36.4 Å². The monoisotopic (exact) mass is 395 g/mol. The van der Waals surface area contributed by atoms with Crippen LogP contribution in [0.4, 0.5) is 20.2 Å². The molecule has 0 aliphatic rings. The van der Waals surface area contributed by atoms with Gasteiger partial charge in [-0.05, 0) is 36.2 Å². The van der Waals surface area contributed by atoms with E-state index in [0.29, 0.717) is 12.1 Å². The number of hydrogen-bond donors (Lipinski definition) is 2. The summed E-state index contributed by atoms with van der Waals surface area (Å²) in [7, 11) is 2.88. The number of halogens is 2. The highest BCUT2D eigenvalue weighted by Crippen LogP contribution is 2.29. The van der Waals surface area contributed by atoms with E-state index in [1.165, 1.54) is 37.4 Å². The lowest BCUT2D eigenvalue weighted by atomic mass is 10.1. The minimum absolute atomic E-state index is 0.0813. The van der Waals surface area contributed by atoms with Crippen molar-refractivity contribution in [2.45, 2.75) is 13.0 Å². The molecule has 1 amide bonds. The normalized spacial score (nSPS) is 10.5. The van der Waals surface area contributed by atoms with Gasteiger partial charge in [-0.3, -0.25) is 14.9 Å². The Hall–Kier alpha value is -3.43. The summed E-state index contributed by atoms with van der Waals surface area (Å²) in [6.07, 6.45) is 0.397. The van der Waals surface area contributed by atoms with Crippen molar-refractivity contribution in [2.75, 3.05) is 26.0 Å². The molecule has 0 atom stereocenters. The van der Waals surface area contributed by atoms with E-state index >= 15 is 0 Å². The fraction of sp³-hybridized carbons (Fsp3) is 0.278. The number of nitro groups is 1. The van der Waals surface area contributed by atoms with Crippen molar-refractivity contribution in [1.82, 2.24) is 5.32 Å². The highest BCUT2D eigenvalue weighted by molar-refractivity contribution is 5.95. The number of methoxy groups -OCH3 is 1. The molecule has 0 heterocycles. The van der Waals surface area contributed by atoms with Crippen LogP contribution in [0.3, 0.4) is 0 Å². The van der Waals surface area contributed by atoms with Gasteiger partial charge in [0.25, 0.3) is 11.6 Å². The summed E-state index contributed by atoms with van der Waals surface area (Å²) in [6.45, 7) is -2.73. The minimum atomic E-state index is -2.96. The topological polar surface area (TPSA) is 103 Å². The maximum absolute atomic E-state index is 12.3. The number of rotatable bonds is 9. The van der Waals surface area contributed by atoms with E-state index < -0.39 is 17.4 Å². The number of benzene rings is 2. The van der Waals surface area contributed by atoms with E-state index in [-0.39, 0.29) is 29.3 Å². The third-order valence-corrected chi connectivity index (χ3v) is 3.87. The van der Waals surface area contributed by atoms with Crippen molar-refractivity contribution < 1.29 is 28.0 Å². The van der Waals surface area contributed by atoms with Gasteiger partial charge in [0.05, 0.1) is 12.0 Å². The van der Waals surface area contributed by atoms with E-state index in [4.69, 9.17) is 4.74 Å². The van der Waals surface area contributed by atoms with Gasteiger partial charge >= 0.3 is 6.61 Å². The van der Waals surface area contributed by atoms with Gasteiger partial charge < -0.3 is 20.1 Å². The third kappa shape index (κ3) is 5.29. The molecule has 0 unspecified atom stereocenters. The molecule has 0 saturated heterocycles. The van der Waals surface area contributed by atoms with Gasteiger partial charge in [-0.15, -0.1) is 0 Å². The van der Waals surface area contributed by atoms with Gasteiger partial charge in [0.2, 0.25) is 0 Å². The summed E-state index contributed by atoms with van der Waals surface area (Å²) in [5.41, 5.74) is 0.994. The predicted molar refractivity (Wildman–Crippen MR) is 98.3 cm³/mol. The molecule has 0 aromatic heterocycles. The Labute approximate surface area is 159 Å². The number of ether oxygens (including phenoxy) is 2. The largest absolute Gasteiger partial charge is 0.493 e. The first kappa shape index (κ1) is 20.9. The molecular formula is C18H19F2N3O5. The minimum Gasteiger partial charge on any atom is -0.493 e. The Morgan fingerprint density at radius 3 is 2.57 bits per heavy atom. The summed E-state index contributed by atoms with van der Waals surface area (Å²) < 4.78 is 34.1. The Kier molecular flexibility index (Phi) is 7.08. The van der Waals surface area contributed by atoms with Crippen LogP contribution >= 0.6 is 0 Å². The fourth-order valence-corrected chi connectivity index (χ4v) is 2.52. The smallest absolute Gasteiger partial charge is 0.387 e. The molecule has 10 heteroatoms. The average molecular weight is 395 g/mol. The first-order valence-corrected chi connectivity index (χ1v) is 8.21.